The minimum Gasteiger partial charge on any atom is -0.317 e. The molecule has 0 bridgehead atoms. The van der Waals surface area contributed by atoms with Crippen LogP contribution in [0.2, 0.25) is 0 Å². The van der Waals surface area contributed by atoms with Crippen LogP contribution in [0.4, 0.5) is 0 Å². The lowest BCUT2D eigenvalue weighted by atomic mass is 9.94. The lowest BCUT2D eigenvalue weighted by Crippen LogP contribution is -2.32. The molecule has 0 amide bonds. The molecule has 0 unspecified atom stereocenters. The van der Waals surface area contributed by atoms with Gasteiger partial charge in [0.1, 0.15) is 0 Å². The van der Waals surface area contributed by atoms with Crippen molar-refractivity contribution in [2.75, 3.05) is 19.6 Å². The molecule has 3 rings (SSSR count). The van der Waals surface area contributed by atoms with Crippen LogP contribution in [0.3, 0.4) is 0 Å². The second-order valence-electron chi connectivity index (χ2n) is 5.76. The molecule has 0 spiro atoms. The molecule has 0 radical (unpaired) electrons. The van der Waals surface area contributed by atoms with Crippen molar-refractivity contribution in [3.8, 4) is 0 Å². The summed E-state index contributed by atoms with van der Waals surface area (Å²) in [7, 11) is 0. The number of piperidine rings is 1. The number of hydrogen-bond donors (Lipinski definition) is 1. The van der Waals surface area contributed by atoms with E-state index in [9.17, 15) is 0 Å². The third-order valence-corrected chi connectivity index (χ3v) is 5.15. The highest BCUT2D eigenvalue weighted by Gasteiger charge is 2.29. The monoisotopic (exact) mass is 264 g/mol. The smallest absolute Gasteiger partial charge is 0.0330 e. The predicted octanol–water partition coefficient (Wildman–Crippen LogP) is 3.10. The summed E-state index contributed by atoms with van der Waals surface area (Å²) < 4.78 is 0. The summed E-state index contributed by atoms with van der Waals surface area (Å²) in [5.41, 5.74) is 0. The standard InChI is InChI=1S/C15H24N2S/c1-2-15(18-11-1)12-17(14-3-4-14)10-7-13-5-8-16-9-6-13/h1-2,11,13-14,16H,3-10,12H2. The van der Waals surface area contributed by atoms with Crippen LogP contribution in [-0.2, 0) is 6.54 Å². The Morgan fingerprint density at radius 3 is 2.72 bits per heavy atom. The molecule has 1 aromatic rings. The highest BCUT2D eigenvalue weighted by atomic mass is 32.1. The molecule has 0 atom stereocenters. The maximum Gasteiger partial charge on any atom is 0.0330 e. The lowest BCUT2D eigenvalue weighted by Gasteiger charge is -2.27. The Labute approximate surface area is 114 Å². The minimum absolute atomic E-state index is 0.897. The molecular weight excluding hydrogens is 240 g/mol. The van der Waals surface area contributed by atoms with Crippen LogP contribution in [0.5, 0.6) is 0 Å². The predicted molar refractivity (Wildman–Crippen MR) is 78.0 cm³/mol. The summed E-state index contributed by atoms with van der Waals surface area (Å²) in [5.74, 6) is 0.968. The Morgan fingerprint density at radius 1 is 1.22 bits per heavy atom. The van der Waals surface area contributed by atoms with Crippen molar-refractivity contribution in [3.63, 3.8) is 0 Å². The zero-order valence-electron chi connectivity index (χ0n) is 11.1. The normalized spacial score (nSPS) is 21.6. The Morgan fingerprint density at radius 2 is 2.06 bits per heavy atom. The summed E-state index contributed by atoms with van der Waals surface area (Å²) in [6, 6.07) is 5.36. The number of thiophene rings is 1. The van der Waals surface area contributed by atoms with Gasteiger partial charge in [-0.2, -0.15) is 0 Å². The molecule has 1 aliphatic heterocycles. The fourth-order valence-electron chi connectivity index (χ4n) is 2.95. The molecule has 100 valence electrons. The molecular formula is C15H24N2S. The van der Waals surface area contributed by atoms with Crippen molar-refractivity contribution < 1.29 is 0 Å². The maximum atomic E-state index is 3.46. The molecule has 3 heteroatoms. The van der Waals surface area contributed by atoms with E-state index in [1.165, 1.54) is 63.2 Å². The summed E-state index contributed by atoms with van der Waals surface area (Å²) in [4.78, 5) is 4.26. The summed E-state index contributed by atoms with van der Waals surface area (Å²) in [6.07, 6.45) is 7.04. The molecule has 2 nitrogen and oxygen atoms in total. The van der Waals surface area contributed by atoms with E-state index < -0.39 is 0 Å². The van der Waals surface area contributed by atoms with Gasteiger partial charge in [-0.3, -0.25) is 4.90 Å². The van der Waals surface area contributed by atoms with E-state index in [1.54, 1.807) is 0 Å². The average Bonchev–Trinajstić information content (AvgIpc) is 3.13. The van der Waals surface area contributed by atoms with Gasteiger partial charge >= 0.3 is 0 Å². The third kappa shape index (κ3) is 3.56. The van der Waals surface area contributed by atoms with E-state index in [1.807, 2.05) is 11.3 Å². The Bertz CT molecular complexity index is 339. The number of rotatable bonds is 6. The quantitative estimate of drug-likeness (QED) is 0.849. The van der Waals surface area contributed by atoms with Crippen LogP contribution >= 0.6 is 11.3 Å². The minimum atomic E-state index is 0.897. The van der Waals surface area contributed by atoms with Gasteiger partial charge in [-0.1, -0.05) is 6.07 Å². The second-order valence-corrected chi connectivity index (χ2v) is 6.80. The van der Waals surface area contributed by atoms with Crippen molar-refractivity contribution >= 4 is 11.3 Å². The zero-order valence-corrected chi connectivity index (χ0v) is 11.9. The lowest BCUT2D eigenvalue weighted by molar-refractivity contribution is 0.221. The molecule has 0 aromatic carbocycles. The number of nitrogens with zero attached hydrogens (tertiary/aromatic N) is 1. The van der Waals surface area contributed by atoms with E-state index in [0.29, 0.717) is 0 Å². The summed E-state index contributed by atoms with van der Waals surface area (Å²) in [5, 5.41) is 5.66. The zero-order chi connectivity index (χ0) is 12.2. The summed E-state index contributed by atoms with van der Waals surface area (Å²) >= 11 is 1.91. The van der Waals surface area contributed by atoms with Crippen LogP contribution in [0, 0.1) is 5.92 Å². The SMILES string of the molecule is c1csc(CN(CCC2CCNCC2)C2CC2)c1. The molecule has 2 aliphatic rings. The molecule has 2 heterocycles. The molecule has 2 fully saturated rings. The van der Waals surface area contributed by atoms with Crippen LogP contribution < -0.4 is 5.32 Å². The first-order valence-corrected chi connectivity index (χ1v) is 8.27. The summed E-state index contributed by atoms with van der Waals surface area (Å²) in [6.45, 7) is 4.97. The van der Waals surface area contributed by atoms with Crippen molar-refractivity contribution in [2.24, 2.45) is 5.92 Å². The van der Waals surface area contributed by atoms with Gasteiger partial charge in [0.25, 0.3) is 0 Å². The average molecular weight is 264 g/mol. The van der Waals surface area contributed by atoms with Gasteiger partial charge in [0.05, 0.1) is 0 Å². The Kier molecular flexibility index (Phi) is 4.34. The molecule has 1 saturated heterocycles. The largest absolute Gasteiger partial charge is 0.317 e. The second kappa shape index (κ2) is 6.18. The van der Waals surface area contributed by atoms with Crippen molar-refractivity contribution in [2.45, 2.75) is 44.7 Å². The van der Waals surface area contributed by atoms with Gasteiger partial charge in [-0.25, -0.2) is 0 Å². The maximum absolute atomic E-state index is 3.46. The van der Waals surface area contributed by atoms with Crippen molar-refractivity contribution in [1.29, 1.82) is 0 Å². The van der Waals surface area contributed by atoms with Crippen LogP contribution in [0.15, 0.2) is 17.5 Å². The first-order chi connectivity index (χ1) is 8.92. The van der Waals surface area contributed by atoms with Crippen LogP contribution in [0.25, 0.3) is 0 Å². The molecule has 18 heavy (non-hydrogen) atoms. The first kappa shape index (κ1) is 12.6. The van der Waals surface area contributed by atoms with E-state index >= 15 is 0 Å². The van der Waals surface area contributed by atoms with Gasteiger partial charge in [-0.05, 0) is 69.1 Å². The van der Waals surface area contributed by atoms with Crippen molar-refractivity contribution in [3.05, 3.63) is 22.4 Å². The van der Waals surface area contributed by atoms with Gasteiger partial charge in [-0.15, -0.1) is 11.3 Å². The molecule has 1 aromatic heterocycles. The highest BCUT2D eigenvalue weighted by molar-refractivity contribution is 7.09. The topological polar surface area (TPSA) is 15.3 Å². The van der Waals surface area contributed by atoms with Gasteiger partial charge in [0.2, 0.25) is 0 Å². The fourth-order valence-corrected chi connectivity index (χ4v) is 3.68. The Hall–Kier alpha value is -0.380. The van der Waals surface area contributed by atoms with Crippen molar-refractivity contribution in [1.82, 2.24) is 10.2 Å². The fraction of sp³-hybridized carbons (Fsp3) is 0.733. The third-order valence-electron chi connectivity index (χ3n) is 4.29. The molecule has 1 N–H and O–H groups in total. The van der Waals surface area contributed by atoms with E-state index in [4.69, 9.17) is 0 Å². The van der Waals surface area contributed by atoms with Gasteiger partial charge in [0.15, 0.2) is 0 Å². The van der Waals surface area contributed by atoms with Crippen LogP contribution in [0.1, 0.15) is 37.0 Å². The number of hydrogen-bond acceptors (Lipinski definition) is 3. The Balaban J connectivity index is 1.47. The molecule has 1 aliphatic carbocycles. The van der Waals surface area contributed by atoms with E-state index in [2.05, 4.69) is 27.7 Å². The van der Waals surface area contributed by atoms with E-state index in [-0.39, 0.29) is 0 Å². The molecule has 1 saturated carbocycles. The van der Waals surface area contributed by atoms with Crippen LogP contribution in [-0.4, -0.2) is 30.6 Å². The highest BCUT2D eigenvalue weighted by Crippen LogP contribution is 2.30. The number of nitrogens with one attached hydrogen (secondary N) is 1. The van der Waals surface area contributed by atoms with Gasteiger partial charge in [0, 0.05) is 17.5 Å². The first-order valence-electron chi connectivity index (χ1n) is 7.39. The van der Waals surface area contributed by atoms with Gasteiger partial charge < -0.3 is 5.32 Å². The van der Waals surface area contributed by atoms with E-state index in [0.717, 1.165) is 12.0 Å².